The van der Waals surface area contributed by atoms with Crippen molar-refractivity contribution < 1.29 is 13.2 Å². The van der Waals surface area contributed by atoms with E-state index >= 15 is 0 Å². The summed E-state index contributed by atoms with van der Waals surface area (Å²) in [7, 11) is 0. The molecule has 4 aromatic heterocycles. The van der Waals surface area contributed by atoms with Crippen molar-refractivity contribution in [3.8, 4) is 50.6 Å². The standard InChI is InChI=1S/C56H32FN3O2/c57-38-14-7-13-36(31-38)40-19-9-12-34-11-8-18-39(51(34)40)33-25-27-35(28-26-33)54-53-44-17-3-6-23-49(44)62-55(53)59-56(58-54)60-46-21-4-1-15-42(46)45-32-37(29-30-47(45)60)41-20-10-24-50-52(41)43-16-2-5-22-48(43)61-50/h1-32H. The van der Waals surface area contributed by atoms with E-state index in [4.69, 9.17) is 18.8 Å². The Kier molecular flexibility index (Phi) is 7.42. The van der Waals surface area contributed by atoms with E-state index in [0.717, 1.165) is 116 Å². The van der Waals surface area contributed by atoms with Gasteiger partial charge < -0.3 is 8.83 Å². The van der Waals surface area contributed by atoms with Crippen LogP contribution in [0.4, 0.5) is 4.39 Å². The molecule has 0 saturated heterocycles. The maximum Gasteiger partial charge on any atom is 0.238 e. The summed E-state index contributed by atoms with van der Waals surface area (Å²) in [6.07, 6.45) is 0. The van der Waals surface area contributed by atoms with Crippen molar-refractivity contribution in [1.82, 2.24) is 14.5 Å². The van der Waals surface area contributed by atoms with Gasteiger partial charge in [0.2, 0.25) is 11.7 Å². The van der Waals surface area contributed by atoms with Crippen LogP contribution in [0.3, 0.4) is 0 Å². The van der Waals surface area contributed by atoms with Gasteiger partial charge in [-0.2, -0.15) is 4.98 Å². The Hall–Kier alpha value is -8.35. The fraction of sp³-hybridized carbons (Fsp3) is 0. The molecule has 0 radical (unpaired) electrons. The molecule has 0 bridgehead atoms. The Morgan fingerprint density at radius 2 is 0.968 bits per heavy atom. The normalized spacial score (nSPS) is 12.0. The highest BCUT2D eigenvalue weighted by atomic mass is 19.1. The van der Waals surface area contributed by atoms with Gasteiger partial charge in [-0.3, -0.25) is 4.57 Å². The van der Waals surface area contributed by atoms with Crippen LogP contribution in [0.1, 0.15) is 0 Å². The molecular weight excluding hydrogens is 766 g/mol. The summed E-state index contributed by atoms with van der Waals surface area (Å²) in [5, 5.41) is 8.37. The molecule has 0 aliphatic heterocycles. The third-order valence-electron chi connectivity index (χ3n) is 12.3. The monoisotopic (exact) mass is 797 g/mol. The molecule has 62 heavy (non-hydrogen) atoms. The fourth-order valence-electron chi connectivity index (χ4n) is 9.58. The molecule has 13 aromatic rings. The summed E-state index contributed by atoms with van der Waals surface area (Å²) in [5.41, 5.74) is 12.9. The SMILES string of the molecule is Fc1cccc(-c2cccc3cccc(-c4ccc(-c5nc(-n6c7ccccc7c7cc(-c8cccc9oc%10ccccc%10c89)ccc76)nc6oc7ccccc7c56)cc4)c23)c1. The second-order valence-corrected chi connectivity index (χ2v) is 15.8. The molecule has 0 aliphatic rings. The first kappa shape index (κ1) is 34.5. The summed E-state index contributed by atoms with van der Waals surface area (Å²) in [5.74, 6) is 0.262. The number of furan rings is 2. The molecule has 0 atom stereocenters. The third kappa shape index (κ3) is 5.20. The number of hydrogen-bond donors (Lipinski definition) is 0. The van der Waals surface area contributed by atoms with Crippen LogP contribution >= 0.6 is 0 Å². The van der Waals surface area contributed by atoms with Crippen LogP contribution in [0, 0.1) is 5.82 Å². The summed E-state index contributed by atoms with van der Waals surface area (Å²) in [4.78, 5) is 10.6. The zero-order valence-corrected chi connectivity index (χ0v) is 33.0. The van der Waals surface area contributed by atoms with Crippen molar-refractivity contribution in [2.45, 2.75) is 0 Å². The molecule has 0 amide bonds. The van der Waals surface area contributed by atoms with Gasteiger partial charge in [0.05, 0.1) is 22.1 Å². The third-order valence-corrected chi connectivity index (χ3v) is 12.3. The van der Waals surface area contributed by atoms with E-state index in [2.05, 4.69) is 132 Å². The minimum atomic E-state index is -0.258. The van der Waals surface area contributed by atoms with Gasteiger partial charge in [-0.1, -0.05) is 146 Å². The number of fused-ring (bicyclic) bond motifs is 10. The van der Waals surface area contributed by atoms with Crippen molar-refractivity contribution in [1.29, 1.82) is 0 Å². The number of halogens is 1. The van der Waals surface area contributed by atoms with Crippen molar-refractivity contribution in [3.63, 3.8) is 0 Å². The van der Waals surface area contributed by atoms with Gasteiger partial charge in [0.25, 0.3) is 0 Å². The molecule has 13 rings (SSSR count). The number of para-hydroxylation sites is 3. The number of rotatable bonds is 5. The first-order chi connectivity index (χ1) is 30.6. The van der Waals surface area contributed by atoms with E-state index in [0.29, 0.717) is 11.7 Å². The van der Waals surface area contributed by atoms with Crippen LogP contribution in [0.15, 0.2) is 203 Å². The summed E-state index contributed by atoms with van der Waals surface area (Å²) >= 11 is 0. The second kappa shape index (κ2) is 13.3. The largest absolute Gasteiger partial charge is 0.456 e. The van der Waals surface area contributed by atoms with Crippen molar-refractivity contribution >= 4 is 76.6 Å². The highest BCUT2D eigenvalue weighted by molar-refractivity contribution is 6.16. The molecule has 5 nitrogen and oxygen atoms in total. The molecule has 0 unspecified atom stereocenters. The quantitative estimate of drug-likeness (QED) is 0.174. The van der Waals surface area contributed by atoms with Crippen LogP contribution < -0.4 is 0 Å². The Labute approximate surface area is 353 Å². The summed E-state index contributed by atoms with van der Waals surface area (Å²) in [6, 6.07) is 65.5. The zero-order chi connectivity index (χ0) is 40.9. The average molecular weight is 798 g/mol. The molecule has 0 spiro atoms. The zero-order valence-electron chi connectivity index (χ0n) is 33.0. The van der Waals surface area contributed by atoms with Crippen LogP contribution in [-0.2, 0) is 0 Å². The number of hydrogen-bond acceptors (Lipinski definition) is 4. The minimum absolute atomic E-state index is 0.258. The fourth-order valence-corrected chi connectivity index (χ4v) is 9.58. The van der Waals surface area contributed by atoms with E-state index in [9.17, 15) is 4.39 Å². The molecule has 9 aromatic carbocycles. The Morgan fingerprint density at radius 1 is 0.387 bits per heavy atom. The van der Waals surface area contributed by atoms with Crippen molar-refractivity contribution in [2.24, 2.45) is 0 Å². The molecule has 6 heteroatoms. The average Bonchev–Trinajstić information content (AvgIpc) is 4.00. The predicted molar refractivity (Wildman–Crippen MR) is 250 cm³/mol. The van der Waals surface area contributed by atoms with E-state index in [-0.39, 0.29) is 5.82 Å². The lowest BCUT2D eigenvalue weighted by Crippen LogP contribution is -2.02. The van der Waals surface area contributed by atoms with Gasteiger partial charge in [0, 0.05) is 32.5 Å². The highest BCUT2D eigenvalue weighted by Gasteiger charge is 2.22. The maximum atomic E-state index is 14.5. The molecule has 0 N–H and O–H groups in total. The summed E-state index contributed by atoms with van der Waals surface area (Å²) < 4.78 is 29.4. The van der Waals surface area contributed by atoms with Crippen LogP contribution in [0.25, 0.3) is 127 Å². The van der Waals surface area contributed by atoms with Crippen LogP contribution in [-0.4, -0.2) is 14.5 Å². The van der Waals surface area contributed by atoms with E-state index in [1.807, 2.05) is 48.5 Å². The molecule has 0 aliphatic carbocycles. The first-order valence-electron chi connectivity index (χ1n) is 20.7. The van der Waals surface area contributed by atoms with Gasteiger partial charge >= 0.3 is 0 Å². The molecule has 0 saturated carbocycles. The maximum absolute atomic E-state index is 14.5. The molecule has 0 fully saturated rings. The van der Waals surface area contributed by atoms with Gasteiger partial charge in [-0.25, -0.2) is 9.37 Å². The van der Waals surface area contributed by atoms with Gasteiger partial charge in [-0.05, 0) is 92.7 Å². The van der Waals surface area contributed by atoms with Crippen molar-refractivity contribution in [2.75, 3.05) is 0 Å². The Balaban J connectivity index is 0.996. The number of aromatic nitrogens is 3. The topological polar surface area (TPSA) is 57.0 Å². The predicted octanol–water partition coefficient (Wildman–Crippen LogP) is 15.3. The Morgan fingerprint density at radius 3 is 1.76 bits per heavy atom. The lowest BCUT2D eigenvalue weighted by Gasteiger charge is -2.14. The minimum Gasteiger partial charge on any atom is -0.456 e. The molecule has 290 valence electrons. The number of nitrogens with zero attached hydrogens (tertiary/aromatic N) is 3. The molecule has 4 heterocycles. The summed E-state index contributed by atoms with van der Waals surface area (Å²) in [6.45, 7) is 0. The van der Waals surface area contributed by atoms with Gasteiger partial charge in [-0.15, -0.1) is 0 Å². The van der Waals surface area contributed by atoms with Crippen LogP contribution in [0.5, 0.6) is 0 Å². The van der Waals surface area contributed by atoms with Crippen LogP contribution in [0.2, 0.25) is 0 Å². The number of benzene rings is 9. The smallest absolute Gasteiger partial charge is 0.238 e. The van der Waals surface area contributed by atoms with Gasteiger partial charge in [0.1, 0.15) is 22.6 Å². The lowest BCUT2D eigenvalue weighted by atomic mass is 9.91. The van der Waals surface area contributed by atoms with E-state index in [1.165, 1.54) is 6.07 Å². The highest BCUT2D eigenvalue weighted by Crippen LogP contribution is 2.42. The van der Waals surface area contributed by atoms with Gasteiger partial charge in [0.15, 0.2) is 0 Å². The lowest BCUT2D eigenvalue weighted by molar-refractivity contribution is 0.628. The van der Waals surface area contributed by atoms with Crippen molar-refractivity contribution in [3.05, 3.63) is 200 Å². The second-order valence-electron chi connectivity index (χ2n) is 15.8. The Bertz CT molecular complexity index is 3950. The van der Waals surface area contributed by atoms with E-state index in [1.54, 1.807) is 12.1 Å². The molecular formula is C56H32FN3O2. The first-order valence-corrected chi connectivity index (χ1v) is 20.7. The van der Waals surface area contributed by atoms with E-state index < -0.39 is 0 Å².